The van der Waals surface area contributed by atoms with Gasteiger partial charge in [0.25, 0.3) is 0 Å². The molecule has 5 heteroatoms. The predicted molar refractivity (Wildman–Crippen MR) is 95.1 cm³/mol. The summed E-state index contributed by atoms with van der Waals surface area (Å²) in [6.07, 6.45) is 0. The Hall–Kier alpha value is -2.56. The molecule has 0 saturated carbocycles. The van der Waals surface area contributed by atoms with Crippen LogP contribution >= 0.6 is 0 Å². The number of hydrogen-bond donors (Lipinski definition) is 1. The van der Waals surface area contributed by atoms with E-state index in [1.165, 1.54) is 12.1 Å². The molecule has 0 unspecified atom stereocenters. The summed E-state index contributed by atoms with van der Waals surface area (Å²) in [4.78, 5) is 16.4. The first kappa shape index (κ1) is 16.3. The minimum absolute atomic E-state index is 0.0809. The first-order chi connectivity index (χ1) is 11.5. The number of urea groups is 1. The molecule has 1 aliphatic rings. The number of hydrogen-bond acceptors (Lipinski definition) is 2. The lowest BCUT2D eigenvalue weighted by Crippen LogP contribution is -2.50. The van der Waals surface area contributed by atoms with E-state index in [0.717, 1.165) is 22.5 Å². The number of anilines is 2. The van der Waals surface area contributed by atoms with Crippen molar-refractivity contribution in [1.29, 1.82) is 0 Å². The molecule has 0 atom stereocenters. The summed E-state index contributed by atoms with van der Waals surface area (Å²) in [6.45, 7) is 6.62. The van der Waals surface area contributed by atoms with E-state index in [0.29, 0.717) is 26.2 Å². The highest BCUT2D eigenvalue weighted by Crippen LogP contribution is 2.19. The summed E-state index contributed by atoms with van der Waals surface area (Å²) in [7, 11) is 0. The van der Waals surface area contributed by atoms with Gasteiger partial charge in [-0.15, -0.1) is 0 Å². The van der Waals surface area contributed by atoms with E-state index in [-0.39, 0.29) is 11.8 Å². The molecule has 3 rings (SSSR count). The lowest BCUT2D eigenvalue weighted by molar-refractivity contribution is 0.208. The zero-order valence-corrected chi connectivity index (χ0v) is 14.1. The summed E-state index contributed by atoms with van der Waals surface area (Å²) < 4.78 is 13.3. The fourth-order valence-electron chi connectivity index (χ4n) is 2.91. The van der Waals surface area contributed by atoms with Crippen LogP contribution in [0, 0.1) is 19.7 Å². The number of amides is 2. The highest BCUT2D eigenvalue weighted by atomic mass is 19.1. The molecule has 0 bridgehead atoms. The molecule has 126 valence electrons. The number of nitrogens with zero attached hydrogens (tertiary/aromatic N) is 2. The average Bonchev–Trinajstić information content (AvgIpc) is 2.58. The SMILES string of the molecule is Cc1ccc(C)c(NC(=O)N2CCN(c3cccc(F)c3)CC2)c1. The van der Waals surface area contributed by atoms with Crippen molar-refractivity contribution in [3.8, 4) is 0 Å². The van der Waals surface area contributed by atoms with Crippen LogP contribution in [0.4, 0.5) is 20.6 Å². The molecule has 4 nitrogen and oxygen atoms in total. The van der Waals surface area contributed by atoms with Gasteiger partial charge >= 0.3 is 6.03 Å². The Labute approximate surface area is 141 Å². The van der Waals surface area contributed by atoms with E-state index in [1.807, 2.05) is 38.1 Å². The van der Waals surface area contributed by atoms with E-state index in [2.05, 4.69) is 10.2 Å². The Kier molecular flexibility index (Phi) is 4.69. The third-order valence-electron chi connectivity index (χ3n) is 4.37. The van der Waals surface area contributed by atoms with Gasteiger partial charge in [-0.3, -0.25) is 0 Å². The van der Waals surface area contributed by atoms with Crippen LogP contribution in [-0.2, 0) is 0 Å². The van der Waals surface area contributed by atoms with Gasteiger partial charge in [0, 0.05) is 37.6 Å². The van der Waals surface area contributed by atoms with Gasteiger partial charge in [0.2, 0.25) is 0 Å². The fraction of sp³-hybridized carbons (Fsp3) is 0.316. The van der Waals surface area contributed by atoms with Crippen molar-refractivity contribution < 1.29 is 9.18 Å². The maximum absolute atomic E-state index is 13.3. The Balaban J connectivity index is 1.60. The number of aryl methyl sites for hydroxylation is 2. The molecule has 24 heavy (non-hydrogen) atoms. The smallest absolute Gasteiger partial charge is 0.321 e. The van der Waals surface area contributed by atoms with E-state index >= 15 is 0 Å². The van der Waals surface area contributed by atoms with Crippen molar-refractivity contribution >= 4 is 17.4 Å². The normalized spacial score (nSPS) is 14.6. The molecule has 2 aromatic rings. The van der Waals surface area contributed by atoms with Crippen LogP contribution in [0.25, 0.3) is 0 Å². The lowest BCUT2D eigenvalue weighted by Gasteiger charge is -2.36. The summed E-state index contributed by atoms with van der Waals surface area (Å²) in [6, 6.07) is 12.5. The fourth-order valence-corrected chi connectivity index (χ4v) is 2.91. The van der Waals surface area contributed by atoms with E-state index in [4.69, 9.17) is 0 Å². The molecule has 2 aromatic carbocycles. The number of carbonyl (C=O) groups is 1. The molecule has 0 radical (unpaired) electrons. The molecular weight excluding hydrogens is 305 g/mol. The maximum Gasteiger partial charge on any atom is 0.321 e. The maximum atomic E-state index is 13.3. The Bertz CT molecular complexity index is 739. The number of piperazine rings is 1. The van der Waals surface area contributed by atoms with Crippen LogP contribution in [-0.4, -0.2) is 37.1 Å². The number of halogens is 1. The number of benzene rings is 2. The molecule has 1 saturated heterocycles. The Morgan fingerprint density at radius 3 is 2.50 bits per heavy atom. The Morgan fingerprint density at radius 2 is 1.79 bits per heavy atom. The van der Waals surface area contributed by atoms with Crippen LogP contribution in [0.5, 0.6) is 0 Å². The molecule has 2 amide bonds. The summed E-state index contributed by atoms with van der Waals surface area (Å²) in [5.74, 6) is -0.234. The van der Waals surface area contributed by atoms with Crippen LogP contribution in [0.2, 0.25) is 0 Å². The van der Waals surface area contributed by atoms with Crippen LogP contribution in [0.1, 0.15) is 11.1 Å². The van der Waals surface area contributed by atoms with Crippen molar-refractivity contribution in [2.24, 2.45) is 0 Å². The molecule has 0 aliphatic carbocycles. The largest absolute Gasteiger partial charge is 0.368 e. The third-order valence-corrected chi connectivity index (χ3v) is 4.37. The van der Waals surface area contributed by atoms with Crippen molar-refractivity contribution in [3.63, 3.8) is 0 Å². The van der Waals surface area contributed by atoms with Gasteiger partial charge in [0.15, 0.2) is 0 Å². The number of carbonyl (C=O) groups excluding carboxylic acids is 1. The van der Waals surface area contributed by atoms with Gasteiger partial charge in [0.1, 0.15) is 5.82 Å². The van der Waals surface area contributed by atoms with Crippen molar-refractivity contribution in [2.75, 3.05) is 36.4 Å². The van der Waals surface area contributed by atoms with Gasteiger partial charge in [0.05, 0.1) is 0 Å². The van der Waals surface area contributed by atoms with E-state index in [9.17, 15) is 9.18 Å². The second-order valence-corrected chi connectivity index (χ2v) is 6.20. The van der Waals surface area contributed by atoms with Gasteiger partial charge in [-0.1, -0.05) is 18.2 Å². The molecule has 0 spiro atoms. The first-order valence-corrected chi connectivity index (χ1v) is 8.16. The van der Waals surface area contributed by atoms with Gasteiger partial charge < -0.3 is 15.1 Å². The molecule has 1 heterocycles. The summed E-state index contributed by atoms with van der Waals surface area (Å²) in [5, 5.41) is 2.99. The second kappa shape index (κ2) is 6.91. The Morgan fingerprint density at radius 1 is 1.04 bits per heavy atom. The van der Waals surface area contributed by atoms with Crippen LogP contribution in [0.15, 0.2) is 42.5 Å². The second-order valence-electron chi connectivity index (χ2n) is 6.20. The number of nitrogens with one attached hydrogen (secondary N) is 1. The monoisotopic (exact) mass is 327 g/mol. The van der Waals surface area contributed by atoms with E-state index in [1.54, 1.807) is 11.0 Å². The third kappa shape index (κ3) is 3.67. The van der Waals surface area contributed by atoms with Gasteiger partial charge in [-0.05, 0) is 49.2 Å². The summed E-state index contributed by atoms with van der Waals surface area (Å²) >= 11 is 0. The minimum atomic E-state index is -0.234. The number of rotatable bonds is 2. The highest BCUT2D eigenvalue weighted by molar-refractivity contribution is 5.90. The molecular formula is C19H22FN3O. The van der Waals surface area contributed by atoms with Crippen molar-refractivity contribution in [1.82, 2.24) is 4.90 Å². The van der Waals surface area contributed by atoms with Crippen molar-refractivity contribution in [2.45, 2.75) is 13.8 Å². The highest BCUT2D eigenvalue weighted by Gasteiger charge is 2.21. The van der Waals surface area contributed by atoms with Gasteiger partial charge in [-0.2, -0.15) is 0 Å². The zero-order chi connectivity index (χ0) is 17.1. The minimum Gasteiger partial charge on any atom is -0.368 e. The van der Waals surface area contributed by atoms with Crippen LogP contribution < -0.4 is 10.2 Å². The molecule has 0 aromatic heterocycles. The standard InChI is InChI=1S/C19H22FN3O/c1-14-6-7-15(2)18(12-14)21-19(24)23-10-8-22(9-11-23)17-5-3-4-16(20)13-17/h3-7,12-13H,8-11H2,1-2H3,(H,21,24). The molecule has 1 aliphatic heterocycles. The molecule has 1 fully saturated rings. The van der Waals surface area contributed by atoms with Crippen LogP contribution in [0.3, 0.4) is 0 Å². The average molecular weight is 327 g/mol. The van der Waals surface area contributed by atoms with E-state index < -0.39 is 0 Å². The summed E-state index contributed by atoms with van der Waals surface area (Å²) in [5.41, 5.74) is 3.89. The topological polar surface area (TPSA) is 35.6 Å². The predicted octanol–water partition coefficient (Wildman–Crippen LogP) is 3.80. The first-order valence-electron chi connectivity index (χ1n) is 8.16. The molecule has 1 N–H and O–H groups in total. The van der Waals surface area contributed by atoms with Crippen molar-refractivity contribution in [3.05, 3.63) is 59.4 Å². The van der Waals surface area contributed by atoms with Gasteiger partial charge in [-0.25, -0.2) is 9.18 Å². The zero-order valence-electron chi connectivity index (χ0n) is 14.1. The quantitative estimate of drug-likeness (QED) is 0.911. The lowest BCUT2D eigenvalue weighted by atomic mass is 10.1.